The number of aromatic nitrogens is 1. The van der Waals surface area contributed by atoms with Crippen molar-refractivity contribution in [1.29, 1.82) is 0 Å². The Labute approximate surface area is 174 Å². The number of urea groups is 1. The van der Waals surface area contributed by atoms with Crippen molar-refractivity contribution >= 4 is 39.2 Å². The highest BCUT2D eigenvalue weighted by Crippen LogP contribution is 2.38. The number of hydrogen-bond acceptors (Lipinski definition) is 5. The minimum absolute atomic E-state index is 0.0998. The summed E-state index contributed by atoms with van der Waals surface area (Å²) in [6, 6.07) is 16.7. The number of hydrogen-bond donors (Lipinski definition) is 0. The predicted octanol–water partition coefficient (Wildman–Crippen LogP) is 4.45. The van der Waals surface area contributed by atoms with Crippen molar-refractivity contribution in [1.82, 2.24) is 4.98 Å². The van der Waals surface area contributed by atoms with Crippen LogP contribution in [0.1, 0.15) is 11.3 Å². The highest BCUT2D eigenvalue weighted by Gasteiger charge is 2.42. The SMILES string of the molecule is CSc1cccc(N2C(=O)N(Cc3ncccc3C)c3ccccc3S2(=O)=O)c1. The lowest BCUT2D eigenvalue weighted by Gasteiger charge is -2.36. The second-order valence-electron chi connectivity index (χ2n) is 6.57. The zero-order chi connectivity index (χ0) is 20.6. The largest absolute Gasteiger partial charge is 0.343 e. The summed E-state index contributed by atoms with van der Waals surface area (Å²) in [6.07, 6.45) is 3.57. The summed E-state index contributed by atoms with van der Waals surface area (Å²) < 4.78 is 27.6. The molecule has 0 radical (unpaired) electrons. The molecule has 0 aliphatic carbocycles. The molecule has 0 bridgehead atoms. The van der Waals surface area contributed by atoms with Gasteiger partial charge in [0.05, 0.1) is 23.6 Å². The van der Waals surface area contributed by atoms with Crippen LogP contribution in [-0.4, -0.2) is 25.7 Å². The summed E-state index contributed by atoms with van der Waals surface area (Å²) in [7, 11) is -4.03. The van der Waals surface area contributed by atoms with Crippen molar-refractivity contribution in [2.24, 2.45) is 0 Å². The average Bonchev–Trinajstić information content (AvgIpc) is 2.72. The molecule has 0 fully saturated rings. The molecule has 0 atom stereocenters. The molecule has 4 rings (SSSR count). The molecule has 8 heteroatoms. The van der Waals surface area contributed by atoms with Gasteiger partial charge in [-0.15, -0.1) is 11.8 Å². The number of anilines is 2. The Morgan fingerprint density at radius 3 is 2.59 bits per heavy atom. The van der Waals surface area contributed by atoms with Crippen molar-refractivity contribution in [3.8, 4) is 0 Å². The lowest BCUT2D eigenvalue weighted by atomic mass is 10.2. The van der Waals surface area contributed by atoms with Gasteiger partial charge >= 0.3 is 6.03 Å². The maximum Gasteiger partial charge on any atom is 0.343 e. The van der Waals surface area contributed by atoms with E-state index in [1.807, 2.05) is 31.4 Å². The third-order valence-electron chi connectivity index (χ3n) is 4.79. The molecule has 29 heavy (non-hydrogen) atoms. The topological polar surface area (TPSA) is 70.6 Å². The van der Waals surface area contributed by atoms with Crippen molar-refractivity contribution in [2.75, 3.05) is 15.5 Å². The predicted molar refractivity (Wildman–Crippen MR) is 115 cm³/mol. The Kier molecular flexibility index (Phi) is 5.06. The van der Waals surface area contributed by atoms with Gasteiger partial charge in [0.15, 0.2) is 0 Å². The molecule has 0 unspecified atom stereocenters. The highest BCUT2D eigenvalue weighted by molar-refractivity contribution is 7.98. The fourth-order valence-corrected chi connectivity index (χ4v) is 5.32. The Hall–Kier alpha value is -2.84. The van der Waals surface area contributed by atoms with E-state index in [9.17, 15) is 13.2 Å². The fraction of sp³-hybridized carbons (Fsp3) is 0.143. The summed E-state index contributed by atoms with van der Waals surface area (Å²) in [5, 5.41) is 0. The van der Waals surface area contributed by atoms with Crippen molar-refractivity contribution in [3.63, 3.8) is 0 Å². The first-order chi connectivity index (χ1) is 13.9. The van der Waals surface area contributed by atoms with Crippen LogP contribution in [0.2, 0.25) is 0 Å². The second-order valence-corrected chi connectivity index (χ2v) is 9.21. The van der Waals surface area contributed by atoms with Crippen LogP contribution in [0.5, 0.6) is 0 Å². The number of pyridine rings is 1. The first kappa shape index (κ1) is 19.5. The van der Waals surface area contributed by atoms with Gasteiger partial charge in [-0.25, -0.2) is 13.2 Å². The molecule has 148 valence electrons. The Bertz CT molecular complexity index is 1200. The van der Waals surface area contributed by atoms with Gasteiger partial charge in [0.2, 0.25) is 0 Å². The number of para-hydroxylation sites is 1. The minimum atomic E-state index is -4.03. The number of amides is 2. The second kappa shape index (κ2) is 7.53. The van der Waals surface area contributed by atoms with Crippen LogP contribution in [0.4, 0.5) is 16.2 Å². The Morgan fingerprint density at radius 1 is 1.03 bits per heavy atom. The van der Waals surface area contributed by atoms with Gasteiger partial charge in [0.1, 0.15) is 4.90 Å². The number of sulfonamides is 1. The zero-order valence-corrected chi connectivity index (χ0v) is 17.6. The first-order valence-electron chi connectivity index (χ1n) is 8.94. The third-order valence-corrected chi connectivity index (χ3v) is 7.27. The van der Waals surface area contributed by atoms with Gasteiger partial charge in [-0.1, -0.05) is 24.3 Å². The number of nitrogens with zero attached hydrogens (tertiary/aromatic N) is 3. The van der Waals surface area contributed by atoms with Gasteiger partial charge in [0, 0.05) is 11.1 Å². The molecule has 2 amide bonds. The number of benzene rings is 2. The van der Waals surface area contributed by atoms with Crippen molar-refractivity contribution < 1.29 is 13.2 Å². The Balaban J connectivity index is 1.88. The normalized spacial score (nSPS) is 15.3. The average molecular weight is 426 g/mol. The van der Waals surface area contributed by atoms with E-state index in [0.717, 1.165) is 14.8 Å². The molecule has 1 aliphatic rings. The van der Waals surface area contributed by atoms with E-state index in [4.69, 9.17) is 0 Å². The molecular formula is C21H19N3O3S2. The number of carbonyl (C=O) groups excluding carboxylic acids is 1. The smallest absolute Gasteiger partial charge is 0.286 e. The number of aryl methyl sites for hydroxylation is 1. The molecule has 1 aromatic heterocycles. The maximum absolute atomic E-state index is 13.5. The van der Waals surface area contributed by atoms with Crippen molar-refractivity contribution in [2.45, 2.75) is 23.3 Å². The summed E-state index contributed by atoms with van der Waals surface area (Å²) in [4.78, 5) is 20.3. The van der Waals surface area contributed by atoms with Crippen LogP contribution in [0, 0.1) is 6.92 Å². The van der Waals surface area contributed by atoms with Crippen LogP contribution >= 0.6 is 11.8 Å². The molecule has 3 aromatic rings. The van der Waals surface area contributed by atoms with Gasteiger partial charge in [-0.2, -0.15) is 4.31 Å². The quantitative estimate of drug-likeness (QED) is 0.578. The van der Waals surface area contributed by atoms with Gasteiger partial charge in [0.25, 0.3) is 10.0 Å². The number of carbonyl (C=O) groups is 1. The summed E-state index contributed by atoms with van der Waals surface area (Å²) >= 11 is 1.48. The van der Waals surface area contributed by atoms with Crippen LogP contribution in [0.15, 0.2) is 76.7 Å². The van der Waals surface area contributed by atoms with Crippen LogP contribution in [0.25, 0.3) is 0 Å². The molecule has 0 saturated heterocycles. The standard InChI is InChI=1S/C21H19N3O3S2/c1-15-7-6-12-22-18(15)14-23-19-10-3-4-11-20(19)29(26,27)24(21(23)25)16-8-5-9-17(13-16)28-2/h3-13H,14H2,1-2H3. The van der Waals surface area contributed by atoms with Crippen molar-refractivity contribution in [3.05, 3.63) is 78.1 Å². The lowest BCUT2D eigenvalue weighted by Crippen LogP contribution is -2.50. The molecule has 0 saturated carbocycles. The molecule has 2 aromatic carbocycles. The van der Waals surface area contributed by atoms with Gasteiger partial charge in [-0.3, -0.25) is 9.88 Å². The highest BCUT2D eigenvalue weighted by atomic mass is 32.2. The van der Waals surface area contributed by atoms with Crippen LogP contribution < -0.4 is 9.21 Å². The van der Waals surface area contributed by atoms with Crippen LogP contribution in [0.3, 0.4) is 0 Å². The Morgan fingerprint density at radius 2 is 1.83 bits per heavy atom. The van der Waals surface area contributed by atoms with E-state index in [-0.39, 0.29) is 11.4 Å². The number of thioether (sulfide) groups is 1. The molecule has 0 spiro atoms. The summed E-state index contributed by atoms with van der Waals surface area (Å²) in [5.74, 6) is 0. The number of fused-ring (bicyclic) bond motifs is 1. The number of rotatable bonds is 4. The molecule has 6 nitrogen and oxygen atoms in total. The van der Waals surface area contributed by atoms with E-state index in [1.54, 1.807) is 42.6 Å². The zero-order valence-electron chi connectivity index (χ0n) is 15.9. The molecular weight excluding hydrogens is 406 g/mol. The maximum atomic E-state index is 13.5. The minimum Gasteiger partial charge on any atom is -0.286 e. The van der Waals surface area contributed by atoms with Crippen LogP contribution in [-0.2, 0) is 16.6 Å². The fourth-order valence-electron chi connectivity index (χ4n) is 3.28. The third kappa shape index (κ3) is 3.38. The van der Waals surface area contributed by atoms with E-state index in [1.165, 1.54) is 22.7 Å². The molecule has 0 N–H and O–H groups in total. The van der Waals surface area contributed by atoms with E-state index < -0.39 is 16.1 Å². The lowest BCUT2D eigenvalue weighted by molar-refractivity contribution is 0.253. The molecule has 1 aliphatic heterocycles. The van der Waals surface area contributed by atoms with E-state index in [2.05, 4.69) is 4.98 Å². The summed E-state index contributed by atoms with van der Waals surface area (Å²) in [5.41, 5.74) is 2.33. The summed E-state index contributed by atoms with van der Waals surface area (Å²) in [6.45, 7) is 2.09. The monoisotopic (exact) mass is 425 g/mol. The first-order valence-corrected chi connectivity index (χ1v) is 11.6. The van der Waals surface area contributed by atoms with E-state index in [0.29, 0.717) is 17.1 Å². The van der Waals surface area contributed by atoms with Gasteiger partial charge in [-0.05, 0) is 55.1 Å². The van der Waals surface area contributed by atoms with E-state index >= 15 is 0 Å². The van der Waals surface area contributed by atoms with Gasteiger partial charge < -0.3 is 0 Å². The molecule has 2 heterocycles.